The van der Waals surface area contributed by atoms with Crippen molar-refractivity contribution in [1.82, 2.24) is 0 Å². The zero-order chi connectivity index (χ0) is 32.0. The zero-order valence-electron chi connectivity index (χ0n) is 16.0. The summed E-state index contributed by atoms with van der Waals surface area (Å²) in [4.78, 5) is 0. The van der Waals surface area contributed by atoms with E-state index in [2.05, 4.69) is 0 Å². The molecule has 26 heteroatoms. The van der Waals surface area contributed by atoms with Crippen LogP contribution >= 0.6 is 9.24 Å². The third-order valence-electron chi connectivity index (χ3n) is 4.32. The SMILES string of the molecule is FC(F)(F)C(F)(F)C(F)(F)C(F)(F)C(F)(F)C(F)(F)C(F)(F)C(F)(F)C(F)(F)C(F)(F)C(F)(F)C(F)(F)P. The predicted octanol–water partition coefficient (Wildman–Crippen LogP) is 8.37. The average Bonchev–Trinajstić information content (AvgIpc) is 2.64. The normalized spacial score (nSPS) is 17.2. The first-order valence-electron chi connectivity index (χ1n) is 7.76. The van der Waals surface area contributed by atoms with Crippen LogP contribution in [0.25, 0.3) is 0 Å². The summed E-state index contributed by atoms with van der Waals surface area (Å²) in [7, 11) is -0.772. The molecule has 38 heavy (non-hydrogen) atoms. The number of halogens is 25. The third-order valence-corrected chi connectivity index (χ3v) is 4.69. The second-order valence-corrected chi connectivity index (χ2v) is 7.59. The summed E-state index contributed by atoms with van der Waals surface area (Å²) in [5, 5.41) is 0. The summed E-state index contributed by atoms with van der Waals surface area (Å²) < 4.78 is 324. The maximum atomic E-state index is 13.4. The van der Waals surface area contributed by atoms with Crippen LogP contribution in [0, 0.1) is 0 Å². The van der Waals surface area contributed by atoms with Gasteiger partial charge in [-0.15, -0.1) is 0 Å². The molecule has 0 saturated heterocycles. The van der Waals surface area contributed by atoms with Gasteiger partial charge in [-0.1, -0.05) is 9.24 Å². The fraction of sp³-hybridized carbons (Fsp3) is 1.00. The first-order valence-corrected chi connectivity index (χ1v) is 8.34. The van der Waals surface area contributed by atoms with E-state index >= 15 is 0 Å². The van der Waals surface area contributed by atoms with Gasteiger partial charge in [-0.3, -0.25) is 0 Å². The monoisotopic (exact) mass is 652 g/mol. The van der Waals surface area contributed by atoms with Crippen molar-refractivity contribution < 1.29 is 110 Å². The number of hydrogen-bond donors (Lipinski definition) is 0. The maximum absolute atomic E-state index is 13.4. The molecular formula is C12H2F25P. The van der Waals surface area contributed by atoms with Gasteiger partial charge < -0.3 is 0 Å². The van der Waals surface area contributed by atoms with Gasteiger partial charge in [0, 0.05) is 0 Å². The smallest absolute Gasteiger partial charge is 0.195 e. The molecule has 0 aromatic carbocycles. The Balaban J connectivity index is 7.29. The quantitative estimate of drug-likeness (QED) is 0.165. The lowest BCUT2D eigenvalue weighted by molar-refractivity contribution is -0.480. The molecule has 1 atom stereocenters. The van der Waals surface area contributed by atoms with E-state index in [1.54, 1.807) is 0 Å². The number of hydrogen-bond acceptors (Lipinski definition) is 0. The molecule has 0 heterocycles. The molecule has 230 valence electrons. The fourth-order valence-corrected chi connectivity index (χ4v) is 2.15. The van der Waals surface area contributed by atoms with E-state index in [9.17, 15) is 110 Å². The van der Waals surface area contributed by atoms with Crippen molar-refractivity contribution in [3.05, 3.63) is 0 Å². The van der Waals surface area contributed by atoms with Gasteiger partial charge in [0.1, 0.15) is 0 Å². The minimum atomic E-state index is -9.56. The lowest BCUT2D eigenvalue weighted by atomic mass is 9.85. The van der Waals surface area contributed by atoms with E-state index < -0.39 is 80.3 Å². The Morgan fingerprint density at radius 1 is 0.211 bits per heavy atom. The van der Waals surface area contributed by atoms with Crippen molar-refractivity contribution in [3.8, 4) is 0 Å². The first-order chi connectivity index (χ1) is 15.8. The van der Waals surface area contributed by atoms with E-state index in [-0.39, 0.29) is 0 Å². The van der Waals surface area contributed by atoms with Gasteiger partial charge >= 0.3 is 71.1 Å². The van der Waals surface area contributed by atoms with Gasteiger partial charge in [0.25, 0.3) is 0 Å². The summed E-state index contributed by atoms with van der Waals surface area (Å²) >= 11 is 0. The molecule has 0 fully saturated rings. The van der Waals surface area contributed by atoms with Crippen LogP contribution in [-0.2, 0) is 0 Å². The van der Waals surface area contributed by atoms with Crippen molar-refractivity contribution in [2.75, 3.05) is 0 Å². The Kier molecular flexibility index (Phi) is 8.29. The molecule has 0 rings (SSSR count). The summed E-state index contributed by atoms with van der Waals surface area (Å²) in [6, 6.07) is 0. The molecule has 0 aromatic rings. The minimum absolute atomic E-state index is 0.772. The summed E-state index contributed by atoms with van der Waals surface area (Å²) in [6.45, 7) is 0. The van der Waals surface area contributed by atoms with Crippen LogP contribution < -0.4 is 0 Å². The predicted molar refractivity (Wildman–Crippen MR) is 70.2 cm³/mol. The molecule has 0 saturated carbocycles. The van der Waals surface area contributed by atoms with Crippen LogP contribution in [0.15, 0.2) is 0 Å². The summed E-state index contributed by atoms with van der Waals surface area (Å²) in [6.07, 6.45) is -8.15. The Morgan fingerprint density at radius 2 is 0.342 bits per heavy atom. The molecule has 0 spiro atoms. The lowest BCUT2D eigenvalue weighted by Crippen LogP contribution is -2.78. The second kappa shape index (κ2) is 8.59. The Hall–Kier alpha value is -1.32. The van der Waals surface area contributed by atoms with Crippen LogP contribution in [-0.4, -0.2) is 71.1 Å². The van der Waals surface area contributed by atoms with E-state index in [1.165, 1.54) is 0 Å². The van der Waals surface area contributed by atoms with Crippen molar-refractivity contribution >= 4 is 9.24 Å². The fourth-order valence-electron chi connectivity index (χ4n) is 1.96. The van der Waals surface area contributed by atoms with E-state index in [0.717, 1.165) is 0 Å². The van der Waals surface area contributed by atoms with Crippen molar-refractivity contribution in [1.29, 1.82) is 0 Å². The Labute approximate surface area is 191 Å². The Morgan fingerprint density at radius 3 is 0.474 bits per heavy atom. The molecule has 1 unspecified atom stereocenters. The molecule has 0 nitrogen and oxygen atoms in total. The van der Waals surface area contributed by atoms with Gasteiger partial charge in [-0.05, 0) is 0 Å². The molecule has 0 aliphatic rings. The highest BCUT2D eigenvalue weighted by atomic mass is 31.0. The van der Waals surface area contributed by atoms with E-state index in [0.29, 0.717) is 0 Å². The first kappa shape index (κ1) is 36.7. The Bertz CT molecular complexity index is 798. The molecule has 0 aliphatic heterocycles. The number of rotatable bonds is 10. The van der Waals surface area contributed by atoms with Gasteiger partial charge in [-0.25, -0.2) is 0 Å². The van der Waals surface area contributed by atoms with Crippen molar-refractivity contribution in [2.24, 2.45) is 0 Å². The van der Waals surface area contributed by atoms with Crippen LogP contribution in [0.2, 0.25) is 0 Å². The van der Waals surface area contributed by atoms with Gasteiger partial charge in [-0.2, -0.15) is 110 Å². The average molecular weight is 652 g/mol. The standard InChI is InChI=1S/C12H2F25P/c13-1(14,3(17,18)5(21,22)7(25,26)9(29,30)11(33,34)35)2(15,16)4(19,20)6(23,24)8(27,28)10(31,32)12(36,37)38/h38H2. The molecule has 0 N–H and O–H groups in total. The van der Waals surface area contributed by atoms with Crippen LogP contribution in [0.4, 0.5) is 110 Å². The van der Waals surface area contributed by atoms with Crippen molar-refractivity contribution in [2.45, 2.75) is 71.1 Å². The van der Waals surface area contributed by atoms with E-state index in [1.807, 2.05) is 0 Å². The molecule has 0 bridgehead atoms. The molecule has 0 radical (unpaired) electrons. The highest BCUT2D eigenvalue weighted by Crippen LogP contribution is 2.68. The third kappa shape index (κ3) is 4.12. The van der Waals surface area contributed by atoms with Gasteiger partial charge in [0.05, 0.1) is 0 Å². The highest BCUT2D eigenvalue weighted by molar-refractivity contribution is 7.18. The summed E-state index contributed by atoms with van der Waals surface area (Å²) in [5.74, 6) is -91.0. The van der Waals surface area contributed by atoms with Crippen LogP contribution in [0.5, 0.6) is 0 Å². The second-order valence-electron chi connectivity index (χ2n) is 6.86. The largest absolute Gasteiger partial charge is 0.460 e. The summed E-state index contributed by atoms with van der Waals surface area (Å²) in [5.41, 5.74) is -6.77. The van der Waals surface area contributed by atoms with Gasteiger partial charge in [0.2, 0.25) is 0 Å². The lowest BCUT2D eigenvalue weighted by Gasteiger charge is -2.45. The van der Waals surface area contributed by atoms with Crippen LogP contribution in [0.3, 0.4) is 0 Å². The van der Waals surface area contributed by atoms with E-state index in [4.69, 9.17) is 0 Å². The zero-order valence-corrected chi connectivity index (χ0v) is 17.2. The topological polar surface area (TPSA) is 0 Å². The van der Waals surface area contributed by atoms with Gasteiger partial charge in [0.15, 0.2) is 0 Å². The highest BCUT2D eigenvalue weighted by Gasteiger charge is 2.99. The number of alkyl halides is 25. The minimum Gasteiger partial charge on any atom is -0.195 e. The molecular weight excluding hydrogens is 650 g/mol. The maximum Gasteiger partial charge on any atom is 0.460 e. The van der Waals surface area contributed by atoms with Crippen molar-refractivity contribution in [3.63, 3.8) is 0 Å². The molecule has 0 aromatic heterocycles. The molecule has 0 aliphatic carbocycles. The van der Waals surface area contributed by atoms with Crippen LogP contribution in [0.1, 0.15) is 0 Å². The molecule has 0 amide bonds.